The third-order valence-corrected chi connectivity index (χ3v) is 9.33. The van der Waals surface area contributed by atoms with Crippen molar-refractivity contribution in [3.8, 4) is 56.8 Å². The molecule has 0 spiro atoms. The van der Waals surface area contributed by atoms with Crippen molar-refractivity contribution in [3.05, 3.63) is 170 Å². The Morgan fingerprint density at radius 1 is 0.373 bits per heavy atom. The molecule has 10 rings (SSSR count). The molecule has 0 unspecified atom stereocenters. The van der Waals surface area contributed by atoms with Gasteiger partial charge in [-0.25, -0.2) is 15.0 Å². The summed E-state index contributed by atoms with van der Waals surface area (Å²) in [5.74, 6) is 3.38. The zero-order valence-electron chi connectivity index (χ0n) is 27.3. The number of hydrogen-bond acceptors (Lipinski definition) is 6. The molecule has 6 nitrogen and oxygen atoms in total. The highest BCUT2D eigenvalue weighted by molar-refractivity contribution is 6.11. The zero-order chi connectivity index (χ0) is 33.7. The highest BCUT2D eigenvalue weighted by atomic mass is 16.5. The maximum atomic E-state index is 6.76. The van der Waals surface area contributed by atoms with E-state index in [2.05, 4.69) is 83.8 Å². The van der Waals surface area contributed by atoms with Gasteiger partial charge in [0.15, 0.2) is 34.6 Å². The van der Waals surface area contributed by atoms with Crippen LogP contribution in [0.25, 0.3) is 67.2 Å². The van der Waals surface area contributed by atoms with E-state index in [9.17, 15) is 0 Å². The molecule has 0 bridgehead atoms. The molecule has 1 aliphatic heterocycles. The average Bonchev–Trinajstić information content (AvgIpc) is 3.59. The highest BCUT2D eigenvalue weighted by Crippen LogP contribution is 2.52. The summed E-state index contributed by atoms with van der Waals surface area (Å²) in [5.41, 5.74) is 9.34. The van der Waals surface area contributed by atoms with Crippen LogP contribution in [0.1, 0.15) is 0 Å². The van der Waals surface area contributed by atoms with Gasteiger partial charge in [0, 0.05) is 27.5 Å². The number of rotatable bonds is 5. The van der Waals surface area contributed by atoms with Gasteiger partial charge in [0.1, 0.15) is 5.58 Å². The Labute approximate surface area is 293 Å². The number of fused-ring (bicyclic) bond motifs is 5. The number of nitrogens with zero attached hydrogens (tertiary/aromatic N) is 4. The number of furan rings is 1. The summed E-state index contributed by atoms with van der Waals surface area (Å²) in [6.07, 6.45) is 0. The zero-order valence-corrected chi connectivity index (χ0v) is 27.3. The van der Waals surface area contributed by atoms with Gasteiger partial charge in [-0.05, 0) is 53.6 Å². The van der Waals surface area contributed by atoms with E-state index in [4.69, 9.17) is 24.1 Å². The van der Waals surface area contributed by atoms with E-state index in [0.29, 0.717) is 17.5 Å². The number of aromatic nitrogens is 3. The molecule has 51 heavy (non-hydrogen) atoms. The molecular formula is C45H28N4O2. The predicted octanol–water partition coefficient (Wildman–Crippen LogP) is 12.0. The fourth-order valence-electron chi connectivity index (χ4n) is 6.86. The van der Waals surface area contributed by atoms with E-state index in [1.807, 2.05) is 91.0 Å². The molecule has 3 heterocycles. The molecule has 0 amide bonds. The standard InChI is InChI=1S/C45H28N4O2/c1-3-12-29(13-4-1)30-22-24-32(25-23-30)44-46-43(31-14-5-2-6-15-31)47-45(48-44)33-26-27-34-35-16-11-19-38(42(35)51-41(34)28-33)49-36-17-7-9-20-39(36)50-40-21-10-8-18-37(40)49/h1-28H. The minimum atomic E-state index is 0.574. The lowest BCUT2D eigenvalue weighted by atomic mass is 10.0. The van der Waals surface area contributed by atoms with Crippen LogP contribution in [0.5, 0.6) is 11.5 Å². The first-order valence-electron chi connectivity index (χ1n) is 16.9. The fraction of sp³-hybridized carbons (Fsp3) is 0. The molecular weight excluding hydrogens is 629 g/mol. The second-order valence-corrected chi connectivity index (χ2v) is 12.5. The van der Waals surface area contributed by atoms with Gasteiger partial charge in [-0.2, -0.15) is 0 Å². The average molecular weight is 657 g/mol. The van der Waals surface area contributed by atoms with E-state index >= 15 is 0 Å². The Kier molecular flexibility index (Phi) is 6.70. The summed E-state index contributed by atoms with van der Waals surface area (Å²) in [7, 11) is 0. The van der Waals surface area contributed by atoms with Crippen molar-refractivity contribution in [2.75, 3.05) is 4.90 Å². The first-order chi connectivity index (χ1) is 25.3. The van der Waals surface area contributed by atoms with Crippen molar-refractivity contribution in [1.29, 1.82) is 0 Å². The van der Waals surface area contributed by atoms with Crippen LogP contribution in [0.15, 0.2) is 174 Å². The quantitative estimate of drug-likeness (QED) is 0.184. The van der Waals surface area contributed by atoms with Gasteiger partial charge in [-0.3, -0.25) is 4.90 Å². The monoisotopic (exact) mass is 656 g/mol. The number of ether oxygens (including phenoxy) is 1. The molecule has 0 saturated heterocycles. The van der Waals surface area contributed by atoms with E-state index in [1.165, 1.54) is 0 Å². The van der Waals surface area contributed by atoms with Gasteiger partial charge in [-0.15, -0.1) is 0 Å². The van der Waals surface area contributed by atoms with E-state index in [1.54, 1.807) is 0 Å². The number of benzene rings is 7. The number of anilines is 3. The van der Waals surface area contributed by atoms with Crippen LogP contribution in [0, 0.1) is 0 Å². The Morgan fingerprint density at radius 3 is 1.53 bits per heavy atom. The van der Waals surface area contributed by atoms with Crippen molar-refractivity contribution in [3.63, 3.8) is 0 Å². The van der Waals surface area contributed by atoms with E-state index < -0.39 is 0 Å². The van der Waals surface area contributed by atoms with Crippen molar-refractivity contribution in [1.82, 2.24) is 15.0 Å². The molecule has 0 atom stereocenters. The van der Waals surface area contributed by atoms with Gasteiger partial charge >= 0.3 is 0 Å². The molecule has 0 radical (unpaired) electrons. The third kappa shape index (κ3) is 5.01. The third-order valence-electron chi connectivity index (χ3n) is 9.33. The fourth-order valence-corrected chi connectivity index (χ4v) is 6.86. The Morgan fingerprint density at radius 2 is 0.863 bits per heavy atom. The van der Waals surface area contributed by atoms with Crippen molar-refractivity contribution >= 4 is 39.0 Å². The highest BCUT2D eigenvalue weighted by Gasteiger charge is 2.28. The maximum Gasteiger partial charge on any atom is 0.164 e. The lowest BCUT2D eigenvalue weighted by Gasteiger charge is -2.32. The molecule has 240 valence electrons. The lowest BCUT2D eigenvalue weighted by molar-refractivity contribution is 0.477. The van der Waals surface area contributed by atoms with Crippen LogP contribution in [-0.4, -0.2) is 15.0 Å². The van der Waals surface area contributed by atoms with Gasteiger partial charge < -0.3 is 9.15 Å². The van der Waals surface area contributed by atoms with Crippen LogP contribution in [-0.2, 0) is 0 Å². The topological polar surface area (TPSA) is 64.3 Å². The van der Waals surface area contributed by atoms with Crippen LogP contribution < -0.4 is 9.64 Å². The summed E-state index contributed by atoms with van der Waals surface area (Å²) in [6.45, 7) is 0. The van der Waals surface area contributed by atoms with Crippen molar-refractivity contribution in [2.24, 2.45) is 0 Å². The minimum absolute atomic E-state index is 0.574. The predicted molar refractivity (Wildman–Crippen MR) is 204 cm³/mol. The maximum absolute atomic E-state index is 6.76. The van der Waals surface area contributed by atoms with Crippen molar-refractivity contribution < 1.29 is 9.15 Å². The second-order valence-electron chi connectivity index (χ2n) is 12.5. The number of para-hydroxylation sites is 5. The molecule has 0 fully saturated rings. The van der Waals surface area contributed by atoms with E-state index in [-0.39, 0.29) is 0 Å². The lowest BCUT2D eigenvalue weighted by Crippen LogP contribution is -2.15. The van der Waals surface area contributed by atoms with Crippen LogP contribution in [0.2, 0.25) is 0 Å². The summed E-state index contributed by atoms with van der Waals surface area (Å²) in [5, 5.41) is 2.04. The number of hydrogen-bond donors (Lipinski definition) is 0. The Balaban J connectivity index is 1.10. The molecule has 0 saturated carbocycles. The summed E-state index contributed by atoms with van der Waals surface area (Å²) < 4.78 is 13.0. The molecule has 1 aliphatic rings. The van der Waals surface area contributed by atoms with Crippen LogP contribution in [0.4, 0.5) is 17.1 Å². The summed E-state index contributed by atoms with van der Waals surface area (Å²) in [6, 6.07) is 57.4. The molecule has 7 aromatic carbocycles. The van der Waals surface area contributed by atoms with Gasteiger partial charge in [0.25, 0.3) is 0 Å². The largest absolute Gasteiger partial charge is 0.454 e. The Bertz CT molecular complexity index is 2680. The van der Waals surface area contributed by atoms with Crippen LogP contribution >= 0.6 is 0 Å². The molecule has 9 aromatic rings. The van der Waals surface area contributed by atoms with Gasteiger partial charge in [0.05, 0.1) is 17.1 Å². The van der Waals surface area contributed by atoms with Gasteiger partial charge in [-0.1, -0.05) is 127 Å². The van der Waals surface area contributed by atoms with Crippen LogP contribution in [0.3, 0.4) is 0 Å². The first-order valence-corrected chi connectivity index (χ1v) is 16.9. The Hall–Kier alpha value is -7.05. The summed E-state index contributed by atoms with van der Waals surface area (Å²) in [4.78, 5) is 17.2. The smallest absolute Gasteiger partial charge is 0.164 e. The second kappa shape index (κ2) is 11.8. The normalized spacial score (nSPS) is 12.0. The molecule has 2 aromatic heterocycles. The summed E-state index contributed by atoms with van der Waals surface area (Å²) >= 11 is 0. The molecule has 0 aliphatic carbocycles. The minimum Gasteiger partial charge on any atom is -0.454 e. The van der Waals surface area contributed by atoms with Crippen molar-refractivity contribution in [2.45, 2.75) is 0 Å². The molecule has 0 N–H and O–H groups in total. The van der Waals surface area contributed by atoms with Gasteiger partial charge in [0.2, 0.25) is 0 Å². The van der Waals surface area contributed by atoms with E-state index in [0.717, 1.165) is 78.3 Å². The SMILES string of the molecule is c1ccc(-c2ccc(-c3nc(-c4ccccc4)nc(-c4ccc5c(c4)oc4c(N6c7ccccc7Oc7ccccc76)cccc45)n3)cc2)cc1. The first kappa shape index (κ1) is 28.9. The molecule has 6 heteroatoms.